The zero-order valence-electron chi connectivity index (χ0n) is 8.69. The fraction of sp³-hybridized carbons (Fsp3) is 0.300. The van der Waals surface area contributed by atoms with E-state index in [0.29, 0.717) is 12.4 Å². The Morgan fingerprint density at radius 2 is 2.27 bits per heavy atom. The van der Waals surface area contributed by atoms with Crippen molar-refractivity contribution in [3.05, 3.63) is 23.8 Å². The van der Waals surface area contributed by atoms with Gasteiger partial charge >= 0.3 is 0 Å². The lowest BCUT2D eigenvalue weighted by Gasteiger charge is -2.07. The SMILES string of the molecule is CCOc1ccc(-c2nn[nH]n2)cc1C. The fourth-order valence-electron chi connectivity index (χ4n) is 1.39. The molecule has 0 saturated heterocycles. The van der Waals surface area contributed by atoms with Crippen LogP contribution in [0.1, 0.15) is 12.5 Å². The highest BCUT2D eigenvalue weighted by molar-refractivity contribution is 5.57. The maximum Gasteiger partial charge on any atom is 0.204 e. The van der Waals surface area contributed by atoms with E-state index in [-0.39, 0.29) is 0 Å². The van der Waals surface area contributed by atoms with Crippen LogP contribution in [0.15, 0.2) is 18.2 Å². The summed E-state index contributed by atoms with van der Waals surface area (Å²) in [6.07, 6.45) is 0. The molecule has 5 nitrogen and oxygen atoms in total. The number of ether oxygens (including phenoxy) is 1. The van der Waals surface area contributed by atoms with Crippen LogP contribution in [-0.4, -0.2) is 27.2 Å². The summed E-state index contributed by atoms with van der Waals surface area (Å²) in [7, 11) is 0. The molecule has 2 rings (SSSR count). The fourth-order valence-corrected chi connectivity index (χ4v) is 1.39. The van der Waals surface area contributed by atoms with E-state index in [2.05, 4.69) is 20.6 Å². The van der Waals surface area contributed by atoms with Crippen molar-refractivity contribution in [2.45, 2.75) is 13.8 Å². The summed E-state index contributed by atoms with van der Waals surface area (Å²) in [4.78, 5) is 0. The third-order valence-electron chi connectivity index (χ3n) is 2.08. The lowest BCUT2D eigenvalue weighted by Crippen LogP contribution is -1.94. The summed E-state index contributed by atoms with van der Waals surface area (Å²) >= 11 is 0. The first kappa shape index (κ1) is 9.64. The van der Waals surface area contributed by atoms with Crippen LogP contribution >= 0.6 is 0 Å². The number of nitrogens with one attached hydrogen (secondary N) is 1. The Morgan fingerprint density at radius 1 is 1.40 bits per heavy atom. The molecule has 1 N–H and O–H groups in total. The number of nitrogens with zero attached hydrogens (tertiary/aromatic N) is 3. The second kappa shape index (κ2) is 4.08. The summed E-state index contributed by atoms with van der Waals surface area (Å²) in [6.45, 7) is 4.63. The molecule has 1 aromatic heterocycles. The molecule has 0 aliphatic rings. The molecule has 0 spiro atoms. The number of benzene rings is 1. The minimum Gasteiger partial charge on any atom is -0.494 e. The zero-order chi connectivity index (χ0) is 10.7. The Morgan fingerprint density at radius 3 is 2.87 bits per heavy atom. The van der Waals surface area contributed by atoms with Crippen LogP contribution in [0.25, 0.3) is 11.4 Å². The van der Waals surface area contributed by atoms with Gasteiger partial charge in [-0.15, -0.1) is 10.2 Å². The van der Waals surface area contributed by atoms with Crippen molar-refractivity contribution >= 4 is 0 Å². The number of hydrogen-bond acceptors (Lipinski definition) is 4. The molecule has 1 aromatic carbocycles. The molecule has 5 heteroatoms. The first-order valence-corrected chi connectivity index (χ1v) is 4.78. The van der Waals surface area contributed by atoms with Gasteiger partial charge in [0.05, 0.1) is 6.61 Å². The van der Waals surface area contributed by atoms with E-state index in [4.69, 9.17) is 4.74 Å². The smallest absolute Gasteiger partial charge is 0.204 e. The van der Waals surface area contributed by atoms with Crippen molar-refractivity contribution in [3.63, 3.8) is 0 Å². The summed E-state index contributed by atoms with van der Waals surface area (Å²) < 4.78 is 5.44. The predicted molar refractivity (Wildman–Crippen MR) is 55.5 cm³/mol. The second-order valence-corrected chi connectivity index (χ2v) is 3.15. The number of H-pyrrole nitrogens is 1. The average Bonchev–Trinajstić information content (AvgIpc) is 2.74. The molecule has 1 heterocycles. The van der Waals surface area contributed by atoms with E-state index in [1.54, 1.807) is 0 Å². The van der Waals surface area contributed by atoms with Gasteiger partial charge in [-0.05, 0) is 42.8 Å². The number of rotatable bonds is 3. The van der Waals surface area contributed by atoms with Gasteiger partial charge in [-0.25, -0.2) is 0 Å². The molecule has 0 fully saturated rings. The normalized spacial score (nSPS) is 10.3. The van der Waals surface area contributed by atoms with Gasteiger partial charge in [0.1, 0.15) is 5.75 Å². The van der Waals surface area contributed by atoms with Gasteiger partial charge in [-0.3, -0.25) is 0 Å². The molecule has 78 valence electrons. The minimum atomic E-state index is 0.598. The van der Waals surface area contributed by atoms with Gasteiger partial charge in [0, 0.05) is 5.56 Å². The number of aryl methyl sites for hydroxylation is 1. The van der Waals surface area contributed by atoms with Crippen molar-refractivity contribution < 1.29 is 4.74 Å². The Kier molecular flexibility index (Phi) is 2.62. The van der Waals surface area contributed by atoms with Gasteiger partial charge in [-0.2, -0.15) is 5.21 Å². The predicted octanol–water partition coefficient (Wildman–Crippen LogP) is 1.57. The van der Waals surface area contributed by atoms with E-state index in [9.17, 15) is 0 Å². The van der Waals surface area contributed by atoms with Crippen LogP contribution in [0.5, 0.6) is 5.75 Å². The molecule has 2 aromatic rings. The third kappa shape index (κ3) is 1.96. The Bertz CT molecular complexity index is 439. The van der Waals surface area contributed by atoms with E-state index < -0.39 is 0 Å². The molecule has 0 unspecified atom stereocenters. The molecule has 0 radical (unpaired) electrons. The van der Waals surface area contributed by atoms with Gasteiger partial charge in [0.2, 0.25) is 5.82 Å². The van der Waals surface area contributed by atoms with Gasteiger partial charge in [0.25, 0.3) is 0 Å². The van der Waals surface area contributed by atoms with Crippen molar-refractivity contribution in [2.24, 2.45) is 0 Å². The monoisotopic (exact) mass is 204 g/mol. The lowest BCUT2D eigenvalue weighted by atomic mass is 10.1. The second-order valence-electron chi connectivity index (χ2n) is 3.15. The van der Waals surface area contributed by atoms with E-state index in [1.165, 1.54) is 0 Å². The third-order valence-corrected chi connectivity index (χ3v) is 2.08. The number of hydrogen-bond donors (Lipinski definition) is 1. The van der Waals surface area contributed by atoms with Crippen LogP contribution in [0.3, 0.4) is 0 Å². The molecule has 0 atom stereocenters. The topological polar surface area (TPSA) is 63.7 Å². The highest BCUT2D eigenvalue weighted by Gasteiger charge is 2.05. The van der Waals surface area contributed by atoms with Crippen LogP contribution in [-0.2, 0) is 0 Å². The van der Waals surface area contributed by atoms with E-state index >= 15 is 0 Å². The summed E-state index contributed by atoms with van der Waals surface area (Å²) in [6, 6.07) is 5.82. The standard InChI is InChI=1S/C10H12N4O/c1-3-15-9-5-4-8(6-7(9)2)10-11-13-14-12-10/h4-6H,3H2,1-2H3,(H,11,12,13,14). The molecule has 0 aliphatic carbocycles. The minimum absolute atomic E-state index is 0.598. The Hall–Kier alpha value is -1.91. The van der Waals surface area contributed by atoms with E-state index in [1.807, 2.05) is 32.0 Å². The first-order valence-electron chi connectivity index (χ1n) is 4.78. The molecule has 15 heavy (non-hydrogen) atoms. The summed E-state index contributed by atoms with van der Waals surface area (Å²) in [5.41, 5.74) is 2.00. The highest BCUT2D eigenvalue weighted by atomic mass is 16.5. The lowest BCUT2D eigenvalue weighted by molar-refractivity contribution is 0.338. The summed E-state index contributed by atoms with van der Waals surface area (Å²) in [5, 5.41) is 13.8. The molecular formula is C10H12N4O. The van der Waals surface area contributed by atoms with E-state index in [0.717, 1.165) is 16.9 Å². The number of aromatic nitrogens is 4. The van der Waals surface area contributed by atoms with Gasteiger partial charge in [0.15, 0.2) is 0 Å². The van der Waals surface area contributed by atoms with Crippen LogP contribution in [0.4, 0.5) is 0 Å². The van der Waals surface area contributed by atoms with Crippen LogP contribution in [0.2, 0.25) is 0 Å². The first-order chi connectivity index (χ1) is 7.31. The quantitative estimate of drug-likeness (QED) is 0.824. The molecule has 0 saturated carbocycles. The Balaban J connectivity index is 2.33. The van der Waals surface area contributed by atoms with Crippen molar-refractivity contribution in [1.82, 2.24) is 20.6 Å². The maximum atomic E-state index is 5.44. The van der Waals surface area contributed by atoms with Gasteiger partial charge in [-0.1, -0.05) is 0 Å². The number of aromatic amines is 1. The number of tetrazole rings is 1. The molecule has 0 bridgehead atoms. The van der Waals surface area contributed by atoms with Crippen molar-refractivity contribution in [2.75, 3.05) is 6.61 Å². The van der Waals surface area contributed by atoms with Crippen LogP contribution < -0.4 is 4.74 Å². The largest absolute Gasteiger partial charge is 0.494 e. The average molecular weight is 204 g/mol. The van der Waals surface area contributed by atoms with Crippen molar-refractivity contribution in [1.29, 1.82) is 0 Å². The van der Waals surface area contributed by atoms with Gasteiger partial charge < -0.3 is 4.74 Å². The Labute approximate surface area is 87.5 Å². The molecular weight excluding hydrogens is 192 g/mol. The molecule has 0 aliphatic heterocycles. The summed E-state index contributed by atoms with van der Waals surface area (Å²) in [5.74, 6) is 1.49. The van der Waals surface area contributed by atoms with Crippen molar-refractivity contribution in [3.8, 4) is 17.1 Å². The zero-order valence-corrected chi connectivity index (χ0v) is 8.69. The molecule has 0 amide bonds. The van der Waals surface area contributed by atoms with Crippen LogP contribution in [0, 0.1) is 6.92 Å². The maximum absolute atomic E-state index is 5.44. The highest BCUT2D eigenvalue weighted by Crippen LogP contribution is 2.23.